The van der Waals surface area contributed by atoms with Crippen LogP contribution in [0.2, 0.25) is 0 Å². The first-order valence-corrected chi connectivity index (χ1v) is 28.6. The quantitative estimate of drug-likeness (QED) is 0.0713. The Kier molecular flexibility index (Phi) is 15.4. The zero-order chi connectivity index (χ0) is 54.1. The van der Waals surface area contributed by atoms with Gasteiger partial charge in [0, 0.05) is 79.1 Å². The monoisotopic (exact) mass is 1050 g/mol. The molecule has 0 unspecified atom stereocenters. The molecule has 0 N–H and O–H groups in total. The van der Waals surface area contributed by atoms with Crippen molar-refractivity contribution >= 4 is 68.2 Å². The average Bonchev–Trinajstić information content (AvgIpc) is 3.57. The fourth-order valence-corrected chi connectivity index (χ4v) is 11.5. The van der Waals surface area contributed by atoms with Gasteiger partial charge < -0.3 is 29.1 Å². The van der Waals surface area contributed by atoms with Crippen LogP contribution in [0.5, 0.6) is 0 Å². The summed E-state index contributed by atoms with van der Waals surface area (Å²) in [5.74, 6) is 0. The molecule has 0 amide bonds. The predicted molar refractivity (Wildman–Crippen MR) is 334 cm³/mol. The van der Waals surface area contributed by atoms with Crippen LogP contribution in [0, 0.1) is 10.8 Å². The highest BCUT2D eigenvalue weighted by atomic mass is 16.5. The summed E-state index contributed by atoms with van der Waals surface area (Å²) in [6.45, 7) is 8.09. The molecule has 0 radical (unpaired) electrons. The zero-order valence-corrected chi connectivity index (χ0v) is 46.1. The van der Waals surface area contributed by atoms with Crippen molar-refractivity contribution in [3.05, 3.63) is 278 Å². The van der Waals surface area contributed by atoms with E-state index in [2.05, 4.69) is 300 Å². The number of nitrogens with zero attached hydrogens (tertiary/aromatic N) is 4. The number of benzene rings is 10. The van der Waals surface area contributed by atoms with Crippen LogP contribution in [0.15, 0.2) is 267 Å². The number of ether oxygens (including phenoxy) is 2. The Morgan fingerprint density at radius 2 is 0.463 bits per heavy atom. The molecule has 0 atom stereocenters. The Hall–Kier alpha value is -8.68. The summed E-state index contributed by atoms with van der Waals surface area (Å²) >= 11 is 0. The van der Waals surface area contributed by atoms with Gasteiger partial charge >= 0.3 is 0 Å². The number of anilines is 12. The molecule has 10 aromatic rings. The smallest absolute Gasteiger partial charge is 0.0544 e. The molecule has 2 saturated heterocycles. The molecule has 2 heterocycles. The molecule has 2 aliphatic rings. The van der Waals surface area contributed by atoms with Crippen LogP contribution >= 0.6 is 0 Å². The largest absolute Gasteiger partial charge is 0.380 e. The molecular weight excluding hydrogens is 977 g/mol. The summed E-state index contributed by atoms with van der Waals surface area (Å²) in [5.41, 5.74) is 18.9. The van der Waals surface area contributed by atoms with Crippen molar-refractivity contribution in [1.82, 2.24) is 0 Å². The first-order valence-electron chi connectivity index (χ1n) is 28.6. The number of hydrogen-bond acceptors (Lipinski definition) is 6. The highest BCUT2D eigenvalue weighted by molar-refractivity contribution is 5.84. The molecule has 0 aromatic heterocycles. The molecule has 0 aliphatic carbocycles. The van der Waals surface area contributed by atoms with Gasteiger partial charge in [0.15, 0.2) is 0 Å². The van der Waals surface area contributed by atoms with Crippen molar-refractivity contribution in [3.63, 3.8) is 0 Å². The van der Waals surface area contributed by atoms with Crippen LogP contribution in [0.3, 0.4) is 0 Å². The third kappa shape index (κ3) is 11.3. The van der Waals surface area contributed by atoms with Gasteiger partial charge in [-0.1, -0.05) is 135 Å². The molecule has 0 spiro atoms. The Bertz CT molecular complexity index is 3200. The Morgan fingerprint density at radius 1 is 0.263 bits per heavy atom. The summed E-state index contributed by atoms with van der Waals surface area (Å²) in [6.07, 6.45) is 6.70. The van der Waals surface area contributed by atoms with Crippen molar-refractivity contribution in [3.8, 4) is 11.1 Å². The second-order valence-corrected chi connectivity index (χ2v) is 21.8. The van der Waals surface area contributed by atoms with Gasteiger partial charge in [0.25, 0.3) is 0 Å². The van der Waals surface area contributed by atoms with E-state index >= 15 is 0 Å². The van der Waals surface area contributed by atoms with E-state index < -0.39 is 0 Å². The molecule has 0 bridgehead atoms. The minimum Gasteiger partial charge on any atom is -0.380 e. The van der Waals surface area contributed by atoms with Crippen molar-refractivity contribution in [2.75, 3.05) is 46.0 Å². The Labute approximate surface area is 473 Å². The lowest BCUT2D eigenvalue weighted by atomic mass is 9.78. The van der Waals surface area contributed by atoms with Crippen LogP contribution in [0.1, 0.15) is 50.7 Å². The standard InChI is InChI=1S/C74H70N4O2/c1-3-73(53-79-54-73)51-49-57-25-33-65(34-26-57)77(71-45-41-69(42-46-71)75(61-17-9-5-10-18-61)62-19-11-6-12-20-62)67-37-29-59(30-38-67)60-31-39-68(40-32-60)78(66-35-27-58(28-36-66)50-52-74(4-2)55-80-56-74)72-47-43-70(44-48-72)76(63-21-13-7-14-22-63)64-23-15-8-16-24-64/h5-48H,3-4,49-56H2,1-2H3. The molecule has 80 heavy (non-hydrogen) atoms. The number of rotatable bonds is 21. The molecule has 0 saturated carbocycles. The topological polar surface area (TPSA) is 31.4 Å². The number of aryl methyl sites for hydroxylation is 2. The maximum atomic E-state index is 5.66. The third-order valence-electron chi connectivity index (χ3n) is 16.8. The second kappa shape index (κ2) is 23.7. The van der Waals surface area contributed by atoms with Gasteiger partial charge in [-0.15, -0.1) is 0 Å². The molecule has 10 aromatic carbocycles. The first-order chi connectivity index (χ1) is 39.5. The van der Waals surface area contributed by atoms with Crippen molar-refractivity contribution in [2.45, 2.75) is 52.4 Å². The van der Waals surface area contributed by atoms with Gasteiger partial charge in [0.05, 0.1) is 26.4 Å². The summed E-state index contributed by atoms with van der Waals surface area (Å²) < 4.78 is 11.3. The fourth-order valence-electron chi connectivity index (χ4n) is 11.5. The first kappa shape index (κ1) is 52.0. The lowest BCUT2D eigenvalue weighted by Crippen LogP contribution is -2.42. The van der Waals surface area contributed by atoms with Gasteiger partial charge in [-0.3, -0.25) is 0 Å². The molecule has 398 valence electrons. The van der Waals surface area contributed by atoms with E-state index in [4.69, 9.17) is 9.47 Å². The van der Waals surface area contributed by atoms with Gasteiger partial charge in [0.1, 0.15) is 0 Å². The maximum absolute atomic E-state index is 5.66. The van der Waals surface area contributed by atoms with E-state index in [9.17, 15) is 0 Å². The summed E-state index contributed by atoms with van der Waals surface area (Å²) in [4.78, 5) is 9.37. The zero-order valence-electron chi connectivity index (χ0n) is 46.1. The summed E-state index contributed by atoms with van der Waals surface area (Å²) in [6, 6.07) is 96.8. The minimum atomic E-state index is 0.318. The molecular formula is C74H70N4O2. The van der Waals surface area contributed by atoms with E-state index in [-0.39, 0.29) is 0 Å². The maximum Gasteiger partial charge on any atom is 0.0544 e. The van der Waals surface area contributed by atoms with Gasteiger partial charge in [-0.2, -0.15) is 0 Å². The molecule has 2 aliphatic heterocycles. The highest BCUT2D eigenvalue weighted by Crippen LogP contribution is 2.44. The highest BCUT2D eigenvalue weighted by Gasteiger charge is 2.37. The van der Waals surface area contributed by atoms with E-state index in [1.165, 1.54) is 11.1 Å². The van der Waals surface area contributed by atoms with Crippen LogP contribution in [0.4, 0.5) is 68.2 Å². The lowest BCUT2D eigenvalue weighted by Gasteiger charge is -2.41. The van der Waals surface area contributed by atoms with Crippen molar-refractivity contribution in [1.29, 1.82) is 0 Å². The normalized spacial score (nSPS) is 14.1. The third-order valence-corrected chi connectivity index (χ3v) is 16.8. The summed E-state index contributed by atoms with van der Waals surface area (Å²) in [7, 11) is 0. The van der Waals surface area contributed by atoms with Crippen molar-refractivity contribution < 1.29 is 9.47 Å². The molecule has 2 fully saturated rings. The second-order valence-electron chi connectivity index (χ2n) is 21.8. The number of hydrogen-bond donors (Lipinski definition) is 0. The van der Waals surface area contributed by atoms with E-state index in [1.807, 2.05) is 0 Å². The minimum absolute atomic E-state index is 0.318. The predicted octanol–water partition coefficient (Wildman–Crippen LogP) is 20.0. The molecule has 12 rings (SSSR count). The van der Waals surface area contributed by atoms with Gasteiger partial charge in [-0.25, -0.2) is 0 Å². The Morgan fingerprint density at radius 3 is 0.662 bits per heavy atom. The fraction of sp³-hybridized carbons (Fsp3) is 0.189. The van der Waals surface area contributed by atoms with Crippen LogP contribution in [-0.4, -0.2) is 26.4 Å². The van der Waals surface area contributed by atoms with E-state index in [1.54, 1.807) is 0 Å². The van der Waals surface area contributed by atoms with Gasteiger partial charge in [0.2, 0.25) is 0 Å². The molecule has 6 heteroatoms. The molecule has 6 nitrogen and oxygen atoms in total. The SMILES string of the molecule is CCC1(CCc2ccc(N(c3ccc(-c4ccc(N(c5ccc(CCC6(CC)COC6)cc5)c5ccc(N(c6ccccc6)c6ccccc6)cc5)cc4)cc3)c3ccc(N(c4ccccc4)c4ccccc4)cc3)cc2)COC1. The number of para-hydroxylation sites is 4. The van der Waals surface area contributed by atoms with E-state index in [0.717, 1.165) is 144 Å². The van der Waals surface area contributed by atoms with Gasteiger partial charge in [-0.05, 0) is 206 Å². The van der Waals surface area contributed by atoms with Crippen LogP contribution in [0.25, 0.3) is 11.1 Å². The lowest BCUT2D eigenvalue weighted by molar-refractivity contribution is -0.119. The van der Waals surface area contributed by atoms with Crippen molar-refractivity contribution in [2.24, 2.45) is 10.8 Å². The summed E-state index contributed by atoms with van der Waals surface area (Å²) in [5, 5.41) is 0. The Balaban J connectivity index is 0.846. The van der Waals surface area contributed by atoms with Crippen LogP contribution in [-0.2, 0) is 22.3 Å². The van der Waals surface area contributed by atoms with E-state index in [0.29, 0.717) is 10.8 Å². The average molecular weight is 1050 g/mol. The van der Waals surface area contributed by atoms with Crippen LogP contribution < -0.4 is 19.6 Å².